The normalized spacial score (nSPS) is 18.5. The van der Waals surface area contributed by atoms with E-state index in [1.807, 2.05) is 4.90 Å². The van der Waals surface area contributed by atoms with Crippen LogP contribution in [0.25, 0.3) is 0 Å². The van der Waals surface area contributed by atoms with Gasteiger partial charge in [-0.05, 0) is 38.8 Å². The summed E-state index contributed by atoms with van der Waals surface area (Å²) in [5, 5.41) is 20.3. The number of hydrogen-bond donors (Lipinski definition) is 3. The smallest absolute Gasteiger partial charge is 0.290 e. The second-order valence-electron chi connectivity index (χ2n) is 7.14. The zero-order chi connectivity index (χ0) is 20.2. The molecule has 0 bridgehead atoms. The molecular weight excluding hydrogens is 362 g/mol. The molecule has 3 rings (SSSR count). The molecule has 2 aliphatic heterocycles. The van der Waals surface area contributed by atoms with E-state index in [0.29, 0.717) is 24.6 Å². The van der Waals surface area contributed by atoms with Crippen LogP contribution in [0.4, 0.5) is 5.82 Å². The maximum Gasteiger partial charge on any atom is 0.290 e. The van der Waals surface area contributed by atoms with Gasteiger partial charge >= 0.3 is 0 Å². The van der Waals surface area contributed by atoms with Crippen LogP contribution in [0.1, 0.15) is 49.0 Å². The van der Waals surface area contributed by atoms with Crippen LogP contribution >= 0.6 is 0 Å². The van der Waals surface area contributed by atoms with Crippen molar-refractivity contribution in [1.29, 1.82) is 0 Å². The summed E-state index contributed by atoms with van der Waals surface area (Å²) in [6, 6.07) is 0. The summed E-state index contributed by atoms with van der Waals surface area (Å²) in [6.07, 6.45) is 9.77. The molecular formula is C19H31N5O4. The van der Waals surface area contributed by atoms with Crippen molar-refractivity contribution >= 4 is 18.2 Å². The number of carbonyl (C=O) groups excluding carboxylic acids is 1. The standard InChI is InChI=1S/C18H29N5O2.CH2O2/c24-15(14-22-7-3-1-2-4-8-22)11-20-17-13-19-12-16(21-17)18(25)23-9-5-6-10-23;2-1-3/h12-13,15,24H,1-11,14H2,(H,20,21);1H,(H,2,3). The summed E-state index contributed by atoms with van der Waals surface area (Å²) in [7, 11) is 0. The molecule has 2 aliphatic rings. The quantitative estimate of drug-likeness (QED) is 0.614. The van der Waals surface area contributed by atoms with Gasteiger partial charge in [0, 0.05) is 26.2 Å². The van der Waals surface area contributed by atoms with Crippen LogP contribution < -0.4 is 5.32 Å². The van der Waals surface area contributed by atoms with Gasteiger partial charge in [-0.2, -0.15) is 0 Å². The third-order valence-electron chi connectivity index (χ3n) is 4.93. The number of rotatable bonds is 6. The van der Waals surface area contributed by atoms with E-state index in [0.717, 1.165) is 39.0 Å². The summed E-state index contributed by atoms with van der Waals surface area (Å²) in [5.41, 5.74) is 0.369. The Morgan fingerprint density at radius 3 is 2.36 bits per heavy atom. The van der Waals surface area contributed by atoms with Gasteiger partial charge < -0.3 is 25.3 Å². The topological polar surface area (TPSA) is 119 Å². The van der Waals surface area contributed by atoms with Crippen molar-refractivity contribution in [2.75, 3.05) is 44.6 Å². The first kappa shape index (κ1) is 22.0. The van der Waals surface area contributed by atoms with Crippen LogP contribution in [0.15, 0.2) is 12.4 Å². The van der Waals surface area contributed by atoms with Crippen molar-refractivity contribution < 1.29 is 19.8 Å². The lowest BCUT2D eigenvalue weighted by molar-refractivity contribution is -0.122. The van der Waals surface area contributed by atoms with Crippen molar-refractivity contribution in [2.24, 2.45) is 0 Å². The lowest BCUT2D eigenvalue weighted by Crippen LogP contribution is -2.36. The van der Waals surface area contributed by atoms with E-state index in [1.165, 1.54) is 31.9 Å². The van der Waals surface area contributed by atoms with Gasteiger partial charge in [0.05, 0.1) is 18.5 Å². The molecule has 0 radical (unpaired) electrons. The molecule has 1 unspecified atom stereocenters. The molecule has 0 saturated carbocycles. The molecule has 1 amide bonds. The van der Waals surface area contributed by atoms with E-state index in [4.69, 9.17) is 9.90 Å². The summed E-state index contributed by atoms with van der Waals surface area (Å²) in [4.78, 5) is 33.4. The lowest BCUT2D eigenvalue weighted by Gasteiger charge is -2.23. The highest BCUT2D eigenvalue weighted by molar-refractivity contribution is 5.92. The molecule has 1 aromatic heterocycles. The fourth-order valence-electron chi connectivity index (χ4n) is 3.54. The van der Waals surface area contributed by atoms with E-state index in [2.05, 4.69) is 20.2 Å². The number of carboxylic acid groups (broad SMARTS) is 1. The van der Waals surface area contributed by atoms with Crippen molar-refractivity contribution in [1.82, 2.24) is 19.8 Å². The number of β-amino-alcohol motifs (C(OH)–C–C–N with tert-alkyl or cyclic N) is 1. The minimum absolute atomic E-state index is 0.0567. The highest BCUT2D eigenvalue weighted by atomic mass is 16.3. The second-order valence-corrected chi connectivity index (χ2v) is 7.14. The van der Waals surface area contributed by atoms with Crippen LogP contribution in [0.3, 0.4) is 0 Å². The third-order valence-corrected chi connectivity index (χ3v) is 4.93. The Bertz CT molecular complexity index is 602. The monoisotopic (exact) mass is 393 g/mol. The number of anilines is 1. The fourth-order valence-corrected chi connectivity index (χ4v) is 3.54. The first-order valence-electron chi connectivity index (χ1n) is 9.97. The number of carbonyl (C=O) groups is 2. The SMILES string of the molecule is O=C(c1cncc(NCC(O)CN2CCCCCC2)n1)N1CCCC1.O=CO. The van der Waals surface area contributed by atoms with Crippen LogP contribution in [-0.2, 0) is 4.79 Å². The number of aliphatic hydroxyl groups excluding tert-OH is 1. The van der Waals surface area contributed by atoms with E-state index in [-0.39, 0.29) is 12.4 Å². The maximum absolute atomic E-state index is 12.4. The second kappa shape index (κ2) is 12.2. The first-order chi connectivity index (χ1) is 13.6. The van der Waals surface area contributed by atoms with Gasteiger partial charge in [0.25, 0.3) is 12.4 Å². The summed E-state index contributed by atoms with van der Waals surface area (Å²) in [6.45, 7) is 4.56. The van der Waals surface area contributed by atoms with Gasteiger partial charge in [0.2, 0.25) is 0 Å². The zero-order valence-corrected chi connectivity index (χ0v) is 16.3. The molecule has 9 nitrogen and oxygen atoms in total. The molecule has 156 valence electrons. The van der Waals surface area contributed by atoms with Gasteiger partial charge in [-0.1, -0.05) is 12.8 Å². The van der Waals surface area contributed by atoms with Crippen molar-refractivity contribution in [2.45, 2.75) is 44.6 Å². The Hall–Kier alpha value is -2.26. The average Bonchev–Trinajstić information content (AvgIpc) is 3.12. The number of likely N-dealkylation sites (tertiary alicyclic amines) is 2. The van der Waals surface area contributed by atoms with Gasteiger partial charge in [-0.15, -0.1) is 0 Å². The number of aromatic nitrogens is 2. The van der Waals surface area contributed by atoms with Crippen molar-refractivity contribution in [3.05, 3.63) is 18.1 Å². The van der Waals surface area contributed by atoms with Crippen molar-refractivity contribution in [3.8, 4) is 0 Å². The van der Waals surface area contributed by atoms with Crippen LogP contribution in [-0.4, -0.2) is 87.7 Å². The van der Waals surface area contributed by atoms with E-state index in [9.17, 15) is 9.90 Å². The molecule has 2 saturated heterocycles. The summed E-state index contributed by atoms with van der Waals surface area (Å²) in [5.74, 6) is 0.485. The van der Waals surface area contributed by atoms with E-state index < -0.39 is 6.10 Å². The largest absolute Gasteiger partial charge is 0.483 e. The Kier molecular flexibility index (Phi) is 9.64. The molecule has 1 atom stereocenters. The number of amides is 1. The van der Waals surface area contributed by atoms with Crippen LogP contribution in [0.5, 0.6) is 0 Å². The minimum atomic E-state index is -0.460. The van der Waals surface area contributed by atoms with Gasteiger partial charge in [-0.3, -0.25) is 14.6 Å². The average molecular weight is 393 g/mol. The third kappa shape index (κ3) is 7.40. The molecule has 3 N–H and O–H groups in total. The maximum atomic E-state index is 12.4. The highest BCUT2D eigenvalue weighted by Crippen LogP contribution is 2.13. The number of nitrogens with zero attached hydrogens (tertiary/aromatic N) is 4. The Balaban J connectivity index is 0.000000878. The molecule has 28 heavy (non-hydrogen) atoms. The number of hydrogen-bond acceptors (Lipinski definition) is 7. The number of aliphatic hydroxyl groups is 1. The lowest BCUT2D eigenvalue weighted by atomic mass is 10.2. The van der Waals surface area contributed by atoms with Crippen LogP contribution in [0, 0.1) is 0 Å². The Morgan fingerprint density at radius 1 is 1.11 bits per heavy atom. The zero-order valence-electron chi connectivity index (χ0n) is 16.3. The van der Waals surface area contributed by atoms with Gasteiger partial charge in [0.15, 0.2) is 0 Å². The molecule has 0 aliphatic carbocycles. The van der Waals surface area contributed by atoms with Crippen LogP contribution in [0.2, 0.25) is 0 Å². The predicted molar refractivity (Wildman–Crippen MR) is 105 cm³/mol. The first-order valence-corrected chi connectivity index (χ1v) is 9.97. The molecule has 0 aromatic carbocycles. The van der Waals surface area contributed by atoms with Gasteiger partial charge in [-0.25, -0.2) is 4.98 Å². The Morgan fingerprint density at radius 2 is 1.71 bits per heavy atom. The predicted octanol–water partition coefficient (Wildman–Crippen LogP) is 1.06. The van der Waals surface area contributed by atoms with E-state index >= 15 is 0 Å². The van der Waals surface area contributed by atoms with Gasteiger partial charge in [0.1, 0.15) is 11.5 Å². The minimum Gasteiger partial charge on any atom is -0.483 e. The fraction of sp³-hybridized carbons (Fsp3) is 0.684. The van der Waals surface area contributed by atoms with Crippen molar-refractivity contribution in [3.63, 3.8) is 0 Å². The highest BCUT2D eigenvalue weighted by Gasteiger charge is 2.21. The molecule has 0 spiro atoms. The molecule has 2 fully saturated rings. The molecule has 3 heterocycles. The summed E-state index contributed by atoms with van der Waals surface area (Å²) < 4.78 is 0. The Labute approximate surface area is 165 Å². The summed E-state index contributed by atoms with van der Waals surface area (Å²) >= 11 is 0. The molecule has 1 aromatic rings. The van der Waals surface area contributed by atoms with E-state index in [1.54, 1.807) is 6.20 Å². The molecule has 9 heteroatoms. The number of nitrogens with one attached hydrogen (secondary N) is 1.